The van der Waals surface area contributed by atoms with Crippen LogP contribution in [0.1, 0.15) is 17.3 Å². The highest BCUT2D eigenvalue weighted by atomic mass is 15.3. The van der Waals surface area contributed by atoms with Gasteiger partial charge in [-0.25, -0.2) is 0 Å². The first kappa shape index (κ1) is 14.7. The van der Waals surface area contributed by atoms with Crippen molar-refractivity contribution in [1.82, 2.24) is 5.32 Å². The third kappa shape index (κ3) is 2.82. The van der Waals surface area contributed by atoms with Crippen molar-refractivity contribution in [2.24, 2.45) is 4.99 Å². The summed E-state index contributed by atoms with van der Waals surface area (Å²) in [6.07, 6.45) is 1.91. The van der Waals surface area contributed by atoms with Crippen LogP contribution >= 0.6 is 0 Å². The van der Waals surface area contributed by atoms with E-state index in [1.807, 2.05) is 48.7 Å². The molecule has 24 heavy (non-hydrogen) atoms. The van der Waals surface area contributed by atoms with Crippen molar-refractivity contribution in [3.8, 4) is 0 Å². The number of nitrogens with one attached hydrogen (secondary N) is 2. The number of hydrogen-bond acceptors (Lipinski definition) is 3. The smallest absolute Gasteiger partial charge is 0.153 e. The van der Waals surface area contributed by atoms with Gasteiger partial charge in [0.25, 0.3) is 0 Å². The van der Waals surface area contributed by atoms with Crippen molar-refractivity contribution in [3.05, 3.63) is 102 Å². The Hall–Kier alpha value is -2.91. The van der Waals surface area contributed by atoms with Gasteiger partial charge in [-0.2, -0.15) is 0 Å². The third-order valence-electron chi connectivity index (χ3n) is 4.24. The van der Waals surface area contributed by atoms with E-state index in [0.717, 1.165) is 16.8 Å². The predicted molar refractivity (Wildman–Crippen MR) is 99.0 cm³/mol. The molecule has 0 saturated heterocycles. The maximum absolute atomic E-state index is 4.73. The minimum atomic E-state index is -0.525. The lowest BCUT2D eigenvalue weighted by atomic mass is 10.00. The highest BCUT2D eigenvalue weighted by Crippen LogP contribution is 2.31. The average Bonchev–Trinajstić information content (AvgIpc) is 3.09. The van der Waals surface area contributed by atoms with Gasteiger partial charge in [-0.3, -0.25) is 10.3 Å². The van der Waals surface area contributed by atoms with E-state index in [4.69, 9.17) is 4.99 Å². The Morgan fingerprint density at radius 3 is 2.00 bits per heavy atom. The number of benzene rings is 3. The molecule has 0 fully saturated rings. The van der Waals surface area contributed by atoms with Crippen LogP contribution in [-0.2, 0) is 5.66 Å². The molecule has 1 heterocycles. The van der Waals surface area contributed by atoms with Crippen molar-refractivity contribution in [2.75, 3.05) is 5.32 Å². The molecule has 0 bridgehead atoms. The Bertz CT molecular complexity index is 815. The first-order valence-electron chi connectivity index (χ1n) is 8.11. The van der Waals surface area contributed by atoms with Crippen molar-refractivity contribution in [2.45, 2.75) is 11.8 Å². The second-order valence-corrected chi connectivity index (χ2v) is 5.90. The minimum absolute atomic E-state index is 0.0670. The number of rotatable bonds is 4. The van der Waals surface area contributed by atoms with E-state index in [1.165, 1.54) is 0 Å². The summed E-state index contributed by atoms with van der Waals surface area (Å²) in [4.78, 5) is 4.73. The molecule has 3 heteroatoms. The second-order valence-electron chi connectivity index (χ2n) is 5.90. The highest BCUT2D eigenvalue weighted by Gasteiger charge is 2.37. The molecule has 0 radical (unpaired) electrons. The molecule has 3 aromatic rings. The molecule has 0 spiro atoms. The van der Waals surface area contributed by atoms with Crippen molar-refractivity contribution in [1.29, 1.82) is 0 Å². The monoisotopic (exact) mass is 313 g/mol. The lowest BCUT2D eigenvalue weighted by Gasteiger charge is -2.31. The van der Waals surface area contributed by atoms with Gasteiger partial charge in [0.15, 0.2) is 5.66 Å². The van der Waals surface area contributed by atoms with E-state index >= 15 is 0 Å². The highest BCUT2D eigenvalue weighted by molar-refractivity contribution is 5.79. The van der Waals surface area contributed by atoms with Crippen molar-refractivity contribution >= 4 is 11.9 Å². The quantitative estimate of drug-likeness (QED) is 0.752. The lowest BCUT2D eigenvalue weighted by molar-refractivity contribution is 0.473. The number of anilines is 1. The summed E-state index contributed by atoms with van der Waals surface area (Å²) in [5.74, 6) is 0. The number of para-hydroxylation sites is 1. The van der Waals surface area contributed by atoms with Crippen LogP contribution in [0.4, 0.5) is 5.69 Å². The van der Waals surface area contributed by atoms with Gasteiger partial charge in [-0.1, -0.05) is 78.9 Å². The summed E-state index contributed by atoms with van der Waals surface area (Å²) in [5, 5.41) is 7.26. The molecule has 118 valence electrons. The Labute approximate surface area is 142 Å². The largest absolute Gasteiger partial charge is 0.359 e. The summed E-state index contributed by atoms with van der Waals surface area (Å²) < 4.78 is 0. The van der Waals surface area contributed by atoms with Gasteiger partial charge in [0, 0.05) is 11.9 Å². The molecule has 0 aromatic heterocycles. The van der Waals surface area contributed by atoms with Gasteiger partial charge >= 0.3 is 0 Å². The molecule has 0 aliphatic carbocycles. The number of hydrogen-bond donors (Lipinski definition) is 2. The van der Waals surface area contributed by atoms with E-state index in [0.29, 0.717) is 0 Å². The van der Waals surface area contributed by atoms with E-state index in [2.05, 4.69) is 59.2 Å². The summed E-state index contributed by atoms with van der Waals surface area (Å²) in [7, 11) is 0. The van der Waals surface area contributed by atoms with E-state index in [-0.39, 0.29) is 6.17 Å². The van der Waals surface area contributed by atoms with Crippen LogP contribution in [0.25, 0.3) is 0 Å². The summed E-state index contributed by atoms with van der Waals surface area (Å²) >= 11 is 0. The molecular formula is C21H19N3. The first-order valence-corrected chi connectivity index (χ1v) is 8.11. The SMILES string of the molecule is C1=NC(c2ccccc2)NC1(Nc1ccccc1)c1ccccc1. The van der Waals surface area contributed by atoms with Gasteiger partial charge in [-0.05, 0) is 23.3 Å². The lowest BCUT2D eigenvalue weighted by Crippen LogP contribution is -2.47. The molecule has 3 nitrogen and oxygen atoms in total. The maximum atomic E-state index is 4.73. The fraction of sp³-hybridized carbons (Fsp3) is 0.0952. The molecule has 0 amide bonds. The molecule has 0 saturated carbocycles. The number of nitrogens with zero attached hydrogens (tertiary/aromatic N) is 1. The molecular weight excluding hydrogens is 294 g/mol. The summed E-state index contributed by atoms with van der Waals surface area (Å²) in [6, 6.07) is 30.9. The molecule has 4 rings (SSSR count). The van der Waals surface area contributed by atoms with Gasteiger partial charge in [0.05, 0.1) is 0 Å². The first-order chi connectivity index (χ1) is 11.9. The average molecular weight is 313 g/mol. The molecule has 2 atom stereocenters. The van der Waals surface area contributed by atoms with Gasteiger partial charge in [0.2, 0.25) is 0 Å². The third-order valence-corrected chi connectivity index (χ3v) is 4.24. The zero-order valence-corrected chi connectivity index (χ0v) is 13.3. The van der Waals surface area contributed by atoms with Gasteiger partial charge < -0.3 is 5.32 Å². The van der Waals surface area contributed by atoms with E-state index in [9.17, 15) is 0 Å². The molecule has 3 aromatic carbocycles. The van der Waals surface area contributed by atoms with Crippen LogP contribution in [0.15, 0.2) is 96.0 Å². The Kier molecular flexibility index (Phi) is 3.85. The summed E-state index contributed by atoms with van der Waals surface area (Å²) in [6.45, 7) is 0. The molecule has 1 aliphatic rings. The minimum Gasteiger partial charge on any atom is -0.359 e. The van der Waals surface area contributed by atoms with Crippen molar-refractivity contribution in [3.63, 3.8) is 0 Å². The zero-order valence-electron chi connectivity index (χ0n) is 13.3. The van der Waals surface area contributed by atoms with E-state index < -0.39 is 5.66 Å². The predicted octanol–water partition coefficient (Wildman–Crippen LogP) is 4.32. The van der Waals surface area contributed by atoms with Crippen LogP contribution in [-0.4, -0.2) is 6.21 Å². The van der Waals surface area contributed by atoms with Crippen molar-refractivity contribution < 1.29 is 0 Å². The maximum Gasteiger partial charge on any atom is 0.153 e. The number of aliphatic imine (C=N–C) groups is 1. The van der Waals surface area contributed by atoms with Gasteiger partial charge in [0.1, 0.15) is 6.17 Å². The van der Waals surface area contributed by atoms with Crippen LogP contribution in [0.5, 0.6) is 0 Å². The Morgan fingerprint density at radius 2 is 1.33 bits per heavy atom. The Morgan fingerprint density at radius 1 is 0.750 bits per heavy atom. The summed E-state index contributed by atoms with van der Waals surface area (Å²) in [5.41, 5.74) is 2.81. The van der Waals surface area contributed by atoms with Gasteiger partial charge in [-0.15, -0.1) is 0 Å². The second kappa shape index (κ2) is 6.30. The molecule has 2 N–H and O–H groups in total. The van der Waals surface area contributed by atoms with Crippen LogP contribution < -0.4 is 10.6 Å². The van der Waals surface area contributed by atoms with Crippen LogP contribution in [0.2, 0.25) is 0 Å². The molecule has 2 unspecified atom stereocenters. The van der Waals surface area contributed by atoms with E-state index in [1.54, 1.807) is 0 Å². The van der Waals surface area contributed by atoms with Crippen LogP contribution in [0, 0.1) is 0 Å². The topological polar surface area (TPSA) is 36.4 Å². The normalized spacial score (nSPS) is 22.4. The Balaban J connectivity index is 1.70. The standard InChI is InChI=1S/C21H19N3/c1-4-10-17(11-5-1)20-22-16-21(24-20,18-12-6-2-7-13-18)23-19-14-8-3-9-15-19/h1-16,20,23-24H. The molecule has 1 aliphatic heterocycles. The zero-order chi connectivity index (χ0) is 16.2. The van der Waals surface area contributed by atoms with Crippen LogP contribution in [0.3, 0.4) is 0 Å². The fourth-order valence-electron chi connectivity index (χ4n) is 3.03. The fourth-order valence-corrected chi connectivity index (χ4v) is 3.03.